The molecule has 0 bridgehead atoms. The predicted octanol–water partition coefficient (Wildman–Crippen LogP) is 2.13. The molecule has 2 amide bonds. The number of hydrogen-bond donors (Lipinski definition) is 3. The molecule has 3 aromatic heterocycles. The van der Waals surface area contributed by atoms with Crippen LogP contribution in [0.2, 0.25) is 0 Å². The topological polar surface area (TPSA) is 101 Å². The van der Waals surface area contributed by atoms with Gasteiger partial charge in [0.2, 0.25) is 0 Å². The van der Waals surface area contributed by atoms with Gasteiger partial charge in [-0.15, -0.1) is 11.3 Å². The van der Waals surface area contributed by atoms with Gasteiger partial charge in [-0.05, 0) is 17.5 Å². The molecular weight excluding hydrogens is 414 g/mol. The van der Waals surface area contributed by atoms with Gasteiger partial charge in [0.05, 0.1) is 35.9 Å². The summed E-state index contributed by atoms with van der Waals surface area (Å²) in [7, 11) is 0. The van der Waals surface area contributed by atoms with E-state index in [0.717, 1.165) is 34.2 Å². The molecule has 1 saturated heterocycles. The van der Waals surface area contributed by atoms with Crippen molar-refractivity contribution in [2.75, 3.05) is 19.7 Å². The summed E-state index contributed by atoms with van der Waals surface area (Å²) < 4.78 is 7.73. The van der Waals surface area contributed by atoms with Gasteiger partial charge in [0.25, 0.3) is 11.8 Å². The van der Waals surface area contributed by atoms with Crippen LogP contribution < -0.4 is 10.6 Å². The zero-order chi connectivity index (χ0) is 20.9. The van der Waals surface area contributed by atoms with Crippen LogP contribution in [0.15, 0.2) is 41.9 Å². The Morgan fingerprint density at radius 2 is 2.00 bits per heavy atom. The Bertz CT molecular complexity index is 1370. The zero-order valence-electron chi connectivity index (χ0n) is 16.5. The Morgan fingerprint density at radius 3 is 2.87 bits per heavy atom. The summed E-state index contributed by atoms with van der Waals surface area (Å²) in [6.07, 6.45) is 1.78. The maximum atomic E-state index is 12.9. The molecule has 1 unspecified atom stereocenters. The standard InChI is InChI=1S/C22H19N5O3S/c28-20-17(15-10-24-22-13(15)5-8-31-22)18(21(29)25-20)19-14-3-1-2-4-16(14)27(26-19)11-12-9-23-6-7-30-12/h1-5,8,10,12,23-24H,6-7,9,11H2,(H,25,28,29). The summed E-state index contributed by atoms with van der Waals surface area (Å²) >= 11 is 1.56. The van der Waals surface area contributed by atoms with E-state index in [9.17, 15) is 9.59 Å². The minimum atomic E-state index is -0.421. The average molecular weight is 433 g/mol. The van der Waals surface area contributed by atoms with Crippen molar-refractivity contribution in [3.05, 3.63) is 53.2 Å². The Hall–Kier alpha value is -3.27. The molecule has 0 saturated carbocycles. The highest BCUT2D eigenvalue weighted by molar-refractivity contribution is 7.16. The number of H-pyrrole nitrogens is 1. The van der Waals surface area contributed by atoms with Crippen molar-refractivity contribution in [2.24, 2.45) is 0 Å². The number of fused-ring (bicyclic) bond motifs is 2. The van der Waals surface area contributed by atoms with Gasteiger partial charge >= 0.3 is 0 Å². The first-order chi connectivity index (χ1) is 15.2. The lowest BCUT2D eigenvalue weighted by Gasteiger charge is -2.23. The summed E-state index contributed by atoms with van der Waals surface area (Å²) in [4.78, 5) is 29.9. The molecule has 156 valence electrons. The zero-order valence-corrected chi connectivity index (χ0v) is 17.3. The van der Waals surface area contributed by atoms with Gasteiger partial charge in [-0.1, -0.05) is 18.2 Å². The molecule has 4 aromatic rings. The fraction of sp³-hybridized carbons (Fsp3) is 0.227. The number of hydrogen-bond acceptors (Lipinski definition) is 6. The van der Waals surface area contributed by atoms with Crippen molar-refractivity contribution in [1.29, 1.82) is 0 Å². The number of aromatic nitrogens is 3. The first-order valence-corrected chi connectivity index (χ1v) is 11.0. The maximum Gasteiger partial charge on any atom is 0.261 e. The van der Waals surface area contributed by atoms with Gasteiger partial charge < -0.3 is 15.0 Å². The number of thiophene rings is 1. The van der Waals surface area contributed by atoms with Crippen molar-refractivity contribution in [1.82, 2.24) is 25.4 Å². The van der Waals surface area contributed by atoms with E-state index in [-0.39, 0.29) is 6.10 Å². The summed E-state index contributed by atoms with van der Waals surface area (Å²) in [6.45, 7) is 2.81. The third-order valence-corrected chi connectivity index (χ3v) is 6.62. The predicted molar refractivity (Wildman–Crippen MR) is 118 cm³/mol. The molecule has 1 fully saturated rings. The third-order valence-electron chi connectivity index (χ3n) is 5.78. The van der Waals surface area contributed by atoms with Crippen molar-refractivity contribution in [3.63, 3.8) is 0 Å². The summed E-state index contributed by atoms with van der Waals surface area (Å²) in [5.74, 6) is -0.818. The quantitative estimate of drug-likeness (QED) is 0.428. The molecule has 9 heteroatoms. The van der Waals surface area contributed by atoms with Crippen LogP contribution in [0.3, 0.4) is 0 Å². The second-order valence-corrected chi connectivity index (χ2v) is 8.56. The van der Waals surface area contributed by atoms with E-state index in [1.54, 1.807) is 17.5 Å². The first kappa shape index (κ1) is 18.5. The van der Waals surface area contributed by atoms with Gasteiger partial charge in [0, 0.05) is 35.6 Å². The second-order valence-electron chi connectivity index (χ2n) is 7.64. The van der Waals surface area contributed by atoms with Gasteiger partial charge in [0.15, 0.2) is 0 Å². The number of amides is 2. The molecule has 0 radical (unpaired) electrons. The molecule has 5 heterocycles. The molecule has 2 aliphatic rings. The Labute approximate surface area is 180 Å². The number of imide groups is 1. The van der Waals surface area contributed by atoms with Crippen LogP contribution in [0.25, 0.3) is 32.3 Å². The molecule has 0 spiro atoms. The largest absolute Gasteiger partial charge is 0.374 e. The maximum absolute atomic E-state index is 12.9. The number of carbonyl (C=O) groups is 2. The summed E-state index contributed by atoms with van der Waals surface area (Å²) in [5, 5.41) is 14.3. The number of carbonyl (C=O) groups excluding carboxylic acids is 2. The highest BCUT2D eigenvalue weighted by Crippen LogP contribution is 2.38. The van der Waals surface area contributed by atoms with Crippen LogP contribution in [-0.2, 0) is 20.9 Å². The van der Waals surface area contributed by atoms with Gasteiger partial charge in [-0.2, -0.15) is 5.10 Å². The van der Waals surface area contributed by atoms with Gasteiger partial charge in [-0.3, -0.25) is 19.6 Å². The highest BCUT2D eigenvalue weighted by Gasteiger charge is 2.36. The molecule has 1 aromatic carbocycles. The van der Waals surface area contributed by atoms with E-state index in [2.05, 4.69) is 15.6 Å². The number of para-hydroxylation sites is 1. The lowest BCUT2D eigenvalue weighted by atomic mass is 9.98. The van der Waals surface area contributed by atoms with E-state index in [4.69, 9.17) is 9.84 Å². The van der Waals surface area contributed by atoms with Crippen LogP contribution in [-0.4, -0.2) is 52.4 Å². The molecule has 6 rings (SSSR count). The van der Waals surface area contributed by atoms with E-state index in [0.29, 0.717) is 35.6 Å². The number of rotatable bonds is 4. The molecule has 8 nitrogen and oxygen atoms in total. The Kier molecular flexibility index (Phi) is 4.27. The normalized spacial score (nSPS) is 19.7. The van der Waals surface area contributed by atoms with Crippen LogP contribution in [0, 0.1) is 0 Å². The Morgan fingerprint density at radius 1 is 1.13 bits per heavy atom. The van der Waals surface area contributed by atoms with Crippen LogP contribution in [0.1, 0.15) is 11.3 Å². The molecule has 31 heavy (non-hydrogen) atoms. The van der Waals surface area contributed by atoms with Crippen molar-refractivity contribution < 1.29 is 14.3 Å². The summed E-state index contributed by atoms with van der Waals surface area (Å²) in [6, 6.07) is 9.73. The number of ether oxygens (including phenoxy) is 1. The smallest absolute Gasteiger partial charge is 0.261 e. The lowest BCUT2D eigenvalue weighted by molar-refractivity contribution is -0.122. The van der Waals surface area contributed by atoms with E-state index in [1.165, 1.54) is 0 Å². The number of morpholine rings is 1. The van der Waals surface area contributed by atoms with Crippen LogP contribution in [0.4, 0.5) is 0 Å². The minimum absolute atomic E-state index is 0.00695. The monoisotopic (exact) mass is 433 g/mol. The van der Waals surface area contributed by atoms with Crippen LogP contribution >= 0.6 is 11.3 Å². The summed E-state index contributed by atoms with van der Waals surface area (Å²) in [5.41, 5.74) is 2.81. The highest BCUT2D eigenvalue weighted by atomic mass is 32.1. The second kappa shape index (κ2) is 7.16. The molecule has 2 aliphatic heterocycles. The minimum Gasteiger partial charge on any atom is -0.374 e. The average Bonchev–Trinajstić information content (AvgIpc) is 3.53. The number of nitrogens with zero attached hydrogens (tertiary/aromatic N) is 2. The van der Waals surface area contributed by atoms with Crippen molar-refractivity contribution in [3.8, 4) is 0 Å². The lowest BCUT2D eigenvalue weighted by Crippen LogP contribution is -2.40. The molecule has 1 atom stereocenters. The fourth-order valence-electron chi connectivity index (χ4n) is 4.37. The number of nitrogens with one attached hydrogen (secondary N) is 3. The van der Waals surface area contributed by atoms with Gasteiger partial charge in [-0.25, -0.2) is 0 Å². The van der Waals surface area contributed by atoms with Gasteiger partial charge in [0.1, 0.15) is 10.5 Å². The molecule has 3 N–H and O–H groups in total. The molecular formula is C22H19N5O3S. The van der Waals surface area contributed by atoms with Crippen molar-refractivity contribution >= 4 is 55.4 Å². The Balaban J connectivity index is 1.54. The van der Waals surface area contributed by atoms with Crippen molar-refractivity contribution in [2.45, 2.75) is 12.6 Å². The van der Waals surface area contributed by atoms with E-state index >= 15 is 0 Å². The molecule has 0 aliphatic carbocycles. The fourth-order valence-corrected chi connectivity index (χ4v) is 5.15. The van der Waals surface area contributed by atoms with E-state index < -0.39 is 11.8 Å². The number of benzene rings is 1. The first-order valence-electron chi connectivity index (χ1n) is 10.1. The van der Waals surface area contributed by atoms with Crippen LogP contribution in [0.5, 0.6) is 0 Å². The third kappa shape index (κ3) is 2.93. The SMILES string of the molecule is O=C1NC(=O)C(c2nn(CC3CNCCO3)c3ccccc23)=C1c1c[nH]c2sccc12. The van der Waals surface area contributed by atoms with E-state index in [1.807, 2.05) is 40.4 Å². The number of aromatic amines is 1.